The van der Waals surface area contributed by atoms with Crippen molar-refractivity contribution >= 4 is 17.2 Å². The van der Waals surface area contributed by atoms with Gasteiger partial charge in [-0.05, 0) is 13.0 Å². The van der Waals surface area contributed by atoms with Crippen molar-refractivity contribution in [3.63, 3.8) is 0 Å². The number of nitrogens with zero attached hydrogens (tertiary/aromatic N) is 5. The molecule has 0 saturated heterocycles. The molecule has 0 bridgehead atoms. The average Bonchev–Trinajstić information content (AvgIpc) is 2.81. The minimum atomic E-state index is 0.251. The Morgan fingerprint density at radius 3 is 2.58 bits per heavy atom. The Bertz CT molecular complexity index is 619. The van der Waals surface area contributed by atoms with E-state index >= 15 is 0 Å². The fraction of sp³-hybridized carbons (Fsp3) is 0.417. The normalized spacial score (nSPS) is 10.7. The molecule has 2 heterocycles. The smallest absolute Gasteiger partial charge is 0.253 e. The summed E-state index contributed by atoms with van der Waals surface area (Å²) in [5.41, 5.74) is 6.97. The summed E-state index contributed by atoms with van der Waals surface area (Å²) in [5.74, 6) is 2.07. The lowest BCUT2D eigenvalue weighted by molar-refractivity contribution is 0.738. The molecule has 19 heavy (non-hydrogen) atoms. The second-order valence-electron chi connectivity index (χ2n) is 4.12. The van der Waals surface area contributed by atoms with Crippen LogP contribution in [0.4, 0.5) is 0 Å². The molecule has 0 saturated carbocycles. The number of nitrogens with two attached hydrogens (primary N) is 1. The van der Waals surface area contributed by atoms with E-state index in [4.69, 9.17) is 18.0 Å². The fourth-order valence-corrected chi connectivity index (χ4v) is 1.81. The molecule has 2 aromatic rings. The van der Waals surface area contributed by atoms with Crippen molar-refractivity contribution in [2.24, 2.45) is 5.73 Å². The van der Waals surface area contributed by atoms with E-state index in [0.717, 1.165) is 30.2 Å². The van der Waals surface area contributed by atoms with E-state index in [-0.39, 0.29) is 4.99 Å². The molecule has 0 aromatic carbocycles. The highest BCUT2D eigenvalue weighted by atomic mass is 32.1. The number of rotatable bonds is 4. The minimum absolute atomic E-state index is 0.251. The van der Waals surface area contributed by atoms with Crippen LogP contribution >= 0.6 is 12.2 Å². The Morgan fingerprint density at radius 1 is 1.26 bits per heavy atom. The molecule has 0 amide bonds. The summed E-state index contributed by atoms with van der Waals surface area (Å²) < 4.78 is 1.66. The first-order valence-corrected chi connectivity index (χ1v) is 6.56. The summed E-state index contributed by atoms with van der Waals surface area (Å²) in [4.78, 5) is 13.4. The van der Waals surface area contributed by atoms with Gasteiger partial charge < -0.3 is 5.73 Å². The second-order valence-corrected chi connectivity index (χ2v) is 4.56. The molecule has 0 aliphatic rings. The molecule has 0 atom stereocenters. The van der Waals surface area contributed by atoms with E-state index < -0.39 is 0 Å². The lowest BCUT2D eigenvalue weighted by Gasteiger charge is -2.06. The maximum Gasteiger partial charge on any atom is 0.253 e. The highest BCUT2D eigenvalue weighted by Gasteiger charge is 2.13. The van der Waals surface area contributed by atoms with Crippen LogP contribution in [-0.4, -0.2) is 29.7 Å². The molecule has 2 aromatic heterocycles. The summed E-state index contributed by atoms with van der Waals surface area (Å²) in [5, 5.41) is 4.41. The standard InChI is InChI=1S/C12H16N6S/c1-4-9-16-10(5-2)18(17-9)12-14-7(3)6-8(15-12)11(13)19/h6H,4-5H2,1-3H3,(H2,13,19). The van der Waals surface area contributed by atoms with Crippen molar-refractivity contribution in [1.29, 1.82) is 0 Å². The van der Waals surface area contributed by atoms with Gasteiger partial charge in [0.25, 0.3) is 5.95 Å². The van der Waals surface area contributed by atoms with E-state index in [2.05, 4.69) is 20.1 Å². The molecule has 0 spiro atoms. The van der Waals surface area contributed by atoms with Crippen molar-refractivity contribution in [1.82, 2.24) is 24.7 Å². The summed E-state index contributed by atoms with van der Waals surface area (Å²) in [6, 6.07) is 1.76. The van der Waals surface area contributed by atoms with Crippen molar-refractivity contribution in [2.45, 2.75) is 33.6 Å². The highest BCUT2D eigenvalue weighted by Crippen LogP contribution is 2.09. The van der Waals surface area contributed by atoms with E-state index in [1.54, 1.807) is 10.7 Å². The third-order valence-corrected chi connectivity index (χ3v) is 2.84. The van der Waals surface area contributed by atoms with Crippen molar-refractivity contribution < 1.29 is 0 Å². The van der Waals surface area contributed by atoms with E-state index in [9.17, 15) is 0 Å². The lowest BCUT2D eigenvalue weighted by Crippen LogP contribution is -2.16. The van der Waals surface area contributed by atoms with Gasteiger partial charge in [-0.1, -0.05) is 26.1 Å². The number of aromatic nitrogens is 5. The van der Waals surface area contributed by atoms with Gasteiger partial charge in [0.15, 0.2) is 5.82 Å². The van der Waals surface area contributed by atoms with Crippen LogP contribution in [0.3, 0.4) is 0 Å². The van der Waals surface area contributed by atoms with Gasteiger partial charge in [0.05, 0.1) is 0 Å². The molecule has 7 heteroatoms. The first-order chi connectivity index (χ1) is 9.05. The first kappa shape index (κ1) is 13.5. The molecule has 0 aliphatic heterocycles. The number of aryl methyl sites for hydroxylation is 3. The maximum atomic E-state index is 5.63. The zero-order valence-electron chi connectivity index (χ0n) is 11.2. The van der Waals surface area contributed by atoms with Crippen molar-refractivity contribution in [3.8, 4) is 5.95 Å². The van der Waals surface area contributed by atoms with E-state index in [0.29, 0.717) is 11.6 Å². The SMILES string of the molecule is CCc1nc(CC)n(-c2nc(C)cc(C(N)=S)n2)n1. The van der Waals surface area contributed by atoms with Crippen molar-refractivity contribution in [3.05, 3.63) is 29.1 Å². The first-order valence-electron chi connectivity index (χ1n) is 6.15. The summed E-state index contributed by atoms with van der Waals surface area (Å²) in [6.07, 6.45) is 1.53. The average molecular weight is 276 g/mol. The summed E-state index contributed by atoms with van der Waals surface area (Å²) in [7, 11) is 0. The number of hydrogen-bond acceptors (Lipinski definition) is 5. The molecule has 6 nitrogen and oxygen atoms in total. The van der Waals surface area contributed by atoms with Gasteiger partial charge >= 0.3 is 0 Å². The van der Waals surface area contributed by atoms with Crippen LogP contribution in [0.2, 0.25) is 0 Å². The zero-order chi connectivity index (χ0) is 14.0. The maximum absolute atomic E-state index is 5.63. The van der Waals surface area contributed by atoms with Gasteiger partial charge in [-0.2, -0.15) is 4.68 Å². The minimum Gasteiger partial charge on any atom is -0.388 e. The molecular formula is C12H16N6S. The van der Waals surface area contributed by atoms with Crippen LogP contribution in [0, 0.1) is 6.92 Å². The lowest BCUT2D eigenvalue weighted by atomic mass is 10.3. The Labute approximate surface area is 117 Å². The molecule has 0 unspecified atom stereocenters. The monoisotopic (exact) mass is 276 g/mol. The van der Waals surface area contributed by atoms with Crippen molar-refractivity contribution in [2.75, 3.05) is 0 Å². The topological polar surface area (TPSA) is 82.5 Å². The Morgan fingerprint density at radius 2 is 2.00 bits per heavy atom. The third kappa shape index (κ3) is 2.76. The van der Waals surface area contributed by atoms with Gasteiger partial charge in [-0.15, -0.1) is 5.10 Å². The number of hydrogen-bond donors (Lipinski definition) is 1. The Hall–Kier alpha value is -1.89. The van der Waals surface area contributed by atoms with Crippen LogP contribution in [0.5, 0.6) is 0 Å². The highest BCUT2D eigenvalue weighted by molar-refractivity contribution is 7.80. The zero-order valence-corrected chi connectivity index (χ0v) is 12.0. The van der Waals surface area contributed by atoms with Gasteiger partial charge in [0.2, 0.25) is 0 Å². The predicted octanol–water partition coefficient (Wildman–Crippen LogP) is 1.12. The predicted molar refractivity (Wildman–Crippen MR) is 76.3 cm³/mol. The Balaban J connectivity index is 2.57. The van der Waals surface area contributed by atoms with Crippen LogP contribution in [-0.2, 0) is 12.8 Å². The van der Waals surface area contributed by atoms with Crippen LogP contribution < -0.4 is 5.73 Å². The van der Waals surface area contributed by atoms with Crippen LogP contribution in [0.1, 0.15) is 36.9 Å². The van der Waals surface area contributed by atoms with Gasteiger partial charge in [0.1, 0.15) is 16.5 Å². The third-order valence-electron chi connectivity index (χ3n) is 2.63. The van der Waals surface area contributed by atoms with Gasteiger partial charge in [0, 0.05) is 18.5 Å². The molecule has 0 fully saturated rings. The van der Waals surface area contributed by atoms with Crippen LogP contribution in [0.25, 0.3) is 5.95 Å². The second kappa shape index (κ2) is 5.40. The summed E-state index contributed by atoms with van der Waals surface area (Å²) in [6.45, 7) is 5.90. The quantitative estimate of drug-likeness (QED) is 0.843. The molecule has 0 aliphatic carbocycles. The van der Waals surface area contributed by atoms with Crippen LogP contribution in [0.15, 0.2) is 6.07 Å². The van der Waals surface area contributed by atoms with Gasteiger partial charge in [-0.3, -0.25) is 0 Å². The van der Waals surface area contributed by atoms with E-state index in [1.807, 2.05) is 20.8 Å². The molecular weight excluding hydrogens is 260 g/mol. The van der Waals surface area contributed by atoms with Gasteiger partial charge in [-0.25, -0.2) is 15.0 Å². The molecule has 100 valence electrons. The summed E-state index contributed by atoms with van der Waals surface area (Å²) >= 11 is 4.96. The number of thiocarbonyl (C=S) groups is 1. The Kier molecular flexibility index (Phi) is 3.84. The largest absolute Gasteiger partial charge is 0.388 e. The molecule has 0 radical (unpaired) electrons. The molecule has 2 N–H and O–H groups in total. The fourth-order valence-electron chi connectivity index (χ4n) is 1.70. The molecule has 2 rings (SSSR count). The van der Waals surface area contributed by atoms with E-state index in [1.165, 1.54) is 0 Å².